The fourth-order valence-electron chi connectivity index (χ4n) is 3.14. The van der Waals surface area contributed by atoms with E-state index in [4.69, 9.17) is 0 Å². The Bertz CT molecular complexity index is 400. The van der Waals surface area contributed by atoms with E-state index in [0.717, 1.165) is 0 Å². The average Bonchev–Trinajstić information content (AvgIpc) is 2.37. The summed E-state index contributed by atoms with van der Waals surface area (Å²) in [4.78, 5) is 2.46. The standard InChI is InChI=1S/C14H22OS/c1-8-7-9(2)16-11(8)10(15)12-13(3,4)14(12,5)6/h7,10,12,15H,1-6H3. The Morgan fingerprint density at radius 2 is 1.69 bits per heavy atom. The van der Waals surface area contributed by atoms with E-state index < -0.39 is 0 Å². The predicted molar refractivity (Wildman–Crippen MR) is 69.8 cm³/mol. The minimum absolute atomic E-state index is 0.247. The molecule has 0 radical (unpaired) electrons. The SMILES string of the molecule is Cc1cc(C)c(C(O)C2C(C)(C)C2(C)C)s1. The Morgan fingerprint density at radius 3 is 2.00 bits per heavy atom. The Balaban J connectivity index is 2.29. The lowest BCUT2D eigenvalue weighted by Crippen LogP contribution is -2.04. The fourth-order valence-corrected chi connectivity index (χ4v) is 4.20. The molecule has 0 spiro atoms. The van der Waals surface area contributed by atoms with E-state index in [1.807, 2.05) is 0 Å². The van der Waals surface area contributed by atoms with Gasteiger partial charge < -0.3 is 5.11 Å². The summed E-state index contributed by atoms with van der Waals surface area (Å²) in [5, 5.41) is 10.5. The van der Waals surface area contributed by atoms with Gasteiger partial charge in [-0.15, -0.1) is 11.3 Å². The maximum Gasteiger partial charge on any atom is 0.0923 e. The number of thiophene rings is 1. The van der Waals surface area contributed by atoms with Crippen molar-refractivity contribution in [1.82, 2.24) is 0 Å². The van der Waals surface area contributed by atoms with Crippen molar-refractivity contribution in [3.63, 3.8) is 0 Å². The van der Waals surface area contributed by atoms with Crippen LogP contribution in [0.4, 0.5) is 0 Å². The maximum absolute atomic E-state index is 10.5. The molecule has 1 aliphatic carbocycles. The molecule has 1 saturated carbocycles. The van der Waals surface area contributed by atoms with Gasteiger partial charge in [-0.25, -0.2) is 0 Å². The third-order valence-electron chi connectivity index (χ3n) is 4.80. The van der Waals surface area contributed by atoms with Crippen LogP contribution < -0.4 is 0 Å². The Morgan fingerprint density at radius 1 is 1.19 bits per heavy atom. The van der Waals surface area contributed by atoms with Crippen molar-refractivity contribution in [3.05, 3.63) is 21.4 Å². The van der Waals surface area contributed by atoms with Crippen LogP contribution in [0.15, 0.2) is 6.07 Å². The van der Waals surface area contributed by atoms with Gasteiger partial charge in [-0.3, -0.25) is 0 Å². The Hall–Kier alpha value is -0.340. The highest BCUT2D eigenvalue weighted by Crippen LogP contribution is 2.72. The summed E-state index contributed by atoms with van der Waals surface area (Å²) in [7, 11) is 0. The Kier molecular flexibility index (Phi) is 2.52. The second kappa shape index (κ2) is 3.33. The van der Waals surface area contributed by atoms with Gasteiger partial charge in [0.15, 0.2) is 0 Å². The van der Waals surface area contributed by atoms with E-state index in [0.29, 0.717) is 5.92 Å². The van der Waals surface area contributed by atoms with Crippen LogP contribution in [0, 0.1) is 30.6 Å². The molecule has 0 bridgehead atoms. The number of aryl methyl sites for hydroxylation is 2. The molecule has 2 heteroatoms. The second-order valence-electron chi connectivity index (χ2n) is 6.27. The molecule has 90 valence electrons. The van der Waals surface area contributed by atoms with E-state index in [2.05, 4.69) is 47.6 Å². The van der Waals surface area contributed by atoms with Gasteiger partial charge in [0.1, 0.15) is 0 Å². The summed E-state index contributed by atoms with van der Waals surface area (Å²) in [6, 6.07) is 2.17. The summed E-state index contributed by atoms with van der Waals surface area (Å²) in [6.45, 7) is 13.3. The third-order valence-corrected chi connectivity index (χ3v) is 6.02. The molecule has 1 aromatic rings. The largest absolute Gasteiger partial charge is 0.387 e. The van der Waals surface area contributed by atoms with E-state index in [1.54, 1.807) is 11.3 Å². The summed E-state index contributed by atoms with van der Waals surface area (Å²) in [6.07, 6.45) is -0.288. The molecule has 16 heavy (non-hydrogen) atoms. The number of aliphatic hydroxyl groups is 1. The van der Waals surface area contributed by atoms with Gasteiger partial charge in [-0.05, 0) is 36.3 Å². The van der Waals surface area contributed by atoms with Gasteiger partial charge in [0, 0.05) is 15.7 Å². The molecular weight excluding hydrogens is 216 g/mol. The van der Waals surface area contributed by atoms with Crippen molar-refractivity contribution in [2.75, 3.05) is 0 Å². The lowest BCUT2D eigenvalue weighted by molar-refractivity contribution is 0.134. The first-order valence-electron chi connectivity index (χ1n) is 5.94. The topological polar surface area (TPSA) is 20.2 Å². The minimum Gasteiger partial charge on any atom is -0.387 e. The highest BCUT2D eigenvalue weighted by molar-refractivity contribution is 7.12. The van der Waals surface area contributed by atoms with Crippen LogP contribution in [0.2, 0.25) is 0 Å². The van der Waals surface area contributed by atoms with Crippen LogP contribution in [-0.2, 0) is 0 Å². The minimum atomic E-state index is -0.288. The molecule has 1 atom stereocenters. The van der Waals surface area contributed by atoms with Crippen molar-refractivity contribution in [1.29, 1.82) is 0 Å². The molecule has 1 N–H and O–H groups in total. The zero-order chi connectivity index (χ0) is 12.3. The molecule has 1 nitrogen and oxygen atoms in total. The molecule has 1 aliphatic rings. The van der Waals surface area contributed by atoms with E-state index >= 15 is 0 Å². The molecular formula is C14H22OS. The molecule has 0 saturated heterocycles. The molecule has 2 rings (SSSR count). The normalized spacial score (nSPS) is 24.4. The summed E-state index contributed by atoms with van der Waals surface area (Å²) < 4.78 is 0. The molecule has 1 fully saturated rings. The first-order chi connectivity index (χ1) is 7.19. The molecule has 0 aliphatic heterocycles. The number of aliphatic hydroxyl groups excluding tert-OH is 1. The van der Waals surface area contributed by atoms with Crippen LogP contribution in [-0.4, -0.2) is 5.11 Å². The van der Waals surface area contributed by atoms with Crippen molar-refractivity contribution >= 4 is 11.3 Å². The van der Waals surface area contributed by atoms with Crippen molar-refractivity contribution in [3.8, 4) is 0 Å². The van der Waals surface area contributed by atoms with Crippen LogP contribution in [0.3, 0.4) is 0 Å². The van der Waals surface area contributed by atoms with Gasteiger partial charge in [0.05, 0.1) is 6.10 Å². The van der Waals surface area contributed by atoms with E-state index in [-0.39, 0.29) is 16.9 Å². The molecule has 0 amide bonds. The first-order valence-corrected chi connectivity index (χ1v) is 6.76. The number of hydrogen-bond acceptors (Lipinski definition) is 2. The van der Waals surface area contributed by atoms with Gasteiger partial charge in [0.2, 0.25) is 0 Å². The van der Waals surface area contributed by atoms with Crippen LogP contribution in [0.5, 0.6) is 0 Å². The van der Waals surface area contributed by atoms with Crippen LogP contribution >= 0.6 is 11.3 Å². The lowest BCUT2D eigenvalue weighted by Gasteiger charge is -2.12. The highest BCUT2D eigenvalue weighted by Gasteiger charge is 2.67. The van der Waals surface area contributed by atoms with Gasteiger partial charge in [-0.1, -0.05) is 27.7 Å². The van der Waals surface area contributed by atoms with Gasteiger partial charge >= 0.3 is 0 Å². The molecule has 1 unspecified atom stereocenters. The molecule has 1 heterocycles. The van der Waals surface area contributed by atoms with E-state index in [1.165, 1.54) is 15.3 Å². The van der Waals surface area contributed by atoms with Gasteiger partial charge in [0.25, 0.3) is 0 Å². The van der Waals surface area contributed by atoms with Crippen molar-refractivity contribution < 1.29 is 5.11 Å². The zero-order valence-corrected chi connectivity index (χ0v) is 11.9. The first kappa shape index (κ1) is 12.1. The van der Waals surface area contributed by atoms with Crippen LogP contribution in [0.25, 0.3) is 0 Å². The molecule has 1 aromatic heterocycles. The maximum atomic E-state index is 10.5. The fraction of sp³-hybridized carbons (Fsp3) is 0.714. The summed E-state index contributed by atoms with van der Waals surface area (Å²) >= 11 is 1.74. The number of hydrogen-bond donors (Lipinski definition) is 1. The number of rotatable bonds is 2. The smallest absolute Gasteiger partial charge is 0.0923 e. The molecule has 0 aromatic carbocycles. The van der Waals surface area contributed by atoms with E-state index in [9.17, 15) is 5.11 Å². The highest BCUT2D eigenvalue weighted by atomic mass is 32.1. The average molecular weight is 238 g/mol. The quantitative estimate of drug-likeness (QED) is 0.823. The van der Waals surface area contributed by atoms with Crippen molar-refractivity contribution in [2.24, 2.45) is 16.7 Å². The second-order valence-corrected chi connectivity index (χ2v) is 7.56. The third kappa shape index (κ3) is 1.46. The summed E-state index contributed by atoms with van der Waals surface area (Å²) in [5.74, 6) is 0.386. The van der Waals surface area contributed by atoms with Gasteiger partial charge in [-0.2, -0.15) is 0 Å². The van der Waals surface area contributed by atoms with Crippen molar-refractivity contribution in [2.45, 2.75) is 47.6 Å². The van der Waals surface area contributed by atoms with Crippen LogP contribution in [0.1, 0.15) is 49.1 Å². The zero-order valence-electron chi connectivity index (χ0n) is 11.1. The Labute approximate surface area is 103 Å². The monoisotopic (exact) mass is 238 g/mol. The summed E-state index contributed by atoms with van der Waals surface area (Å²) in [5.41, 5.74) is 1.74. The lowest BCUT2D eigenvalue weighted by atomic mass is 10.0. The predicted octanol–water partition coefficient (Wildman–Crippen LogP) is 4.08.